The average Bonchev–Trinajstić information content (AvgIpc) is 2.78. The second-order valence-electron chi connectivity index (χ2n) is 4.29. The molecule has 0 aliphatic carbocycles. The van der Waals surface area contributed by atoms with Crippen molar-refractivity contribution in [3.05, 3.63) is 0 Å². The molecular formula is C14H37K7N4O6. The Morgan fingerprint density at radius 2 is 1.19 bits per heavy atom. The van der Waals surface area contributed by atoms with Crippen LogP contribution in [0.5, 0.6) is 0 Å². The van der Waals surface area contributed by atoms with Gasteiger partial charge >= 0.3 is 247 Å². The average molecular weight is 631 g/mol. The molecule has 0 aromatic heterocycles. The third-order valence-electron chi connectivity index (χ3n) is 2.04. The van der Waals surface area contributed by atoms with Crippen LogP contribution < -0.4 is 73.9 Å². The first kappa shape index (κ1) is 60.4. The maximum atomic E-state index is 10.6. The Hall–Kier alpha value is 10.2. The molecule has 156 valence electrons. The van der Waals surface area contributed by atoms with Crippen LogP contribution in [0.4, 0.5) is 0 Å². The number of aliphatic hydroxyl groups excluding tert-OH is 3. The Morgan fingerprint density at radius 1 is 0.935 bits per heavy atom. The van der Waals surface area contributed by atoms with Crippen molar-refractivity contribution in [2.45, 2.75) is 52.0 Å². The zero-order valence-corrected chi connectivity index (χ0v) is 44.4. The van der Waals surface area contributed by atoms with Crippen LogP contribution in [0.1, 0.15) is 29.1 Å². The summed E-state index contributed by atoms with van der Waals surface area (Å²) in [6.07, 6.45) is -2.28. The quantitative estimate of drug-likeness (QED) is 0.114. The molecule has 0 saturated carbocycles. The minimum absolute atomic E-state index is 0. The van der Waals surface area contributed by atoms with Crippen molar-refractivity contribution in [3.8, 4) is 0 Å². The molecule has 4 atom stereocenters. The summed E-state index contributed by atoms with van der Waals surface area (Å²) in [5, 5.41) is 27.6. The molecule has 0 aliphatic rings. The van der Waals surface area contributed by atoms with E-state index in [0.717, 1.165) is 0 Å². The van der Waals surface area contributed by atoms with E-state index in [0.29, 0.717) is 0 Å². The number of aliphatic hydroxyl groups is 3. The first-order chi connectivity index (χ1) is 14.1. The van der Waals surface area contributed by atoms with Crippen molar-refractivity contribution in [1.29, 1.82) is 0 Å². The Morgan fingerprint density at radius 3 is 1.32 bits per heavy atom. The summed E-state index contributed by atoms with van der Waals surface area (Å²) in [6, 6.07) is -1.08. The number of esters is 1. The molecule has 1 amide bonds. The first-order valence-electron chi connectivity index (χ1n) is 10.5. The van der Waals surface area contributed by atoms with Gasteiger partial charge in [-0.05, 0) is 34.7 Å². The van der Waals surface area contributed by atoms with E-state index in [9.17, 15) is 9.59 Å². The van der Waals surface area contributed by atoms with E-state index in [1.807, 2.05) is 0 Å². The van der Waals surface area contributed by atoms with Crippen LogP contribution in [-0.2, 0) is 14.3 Å². The molecular weight excluding hydrogens is 594 g/mol. The molecule has 0 rings (SSSR count). The fourth-order valence-electron chi connectivity index (χ4n) is 0.829. The van der Waals surface area contributed by atoms with Gasteiger partial charge in [0, 0.05) is 25.7 Å². The van der Waals surface area contributed by atoms with Gasteiger partial charge in [-0.2, -0.15) is 0 Å². The summed E-state index contributed by atoms with van der Waals surface area (Å²) in [6.45, 7) is 6.98. The summed E-state index contributed by atoms with van der Waals surface area (Å²) >= 11 is 7.50. The fourth-order valence-corrected chi connectivity index (χ4v) is 0.829. The van der Waals surface area contributed by atoms with Crippen molar-refractivity contribution in [2.24, 2.45) is 17.2 Å². The van der Waals surface area contributed by atoms with Gasteiger partial charge in [0.05, 0.1) is 6.61 Å². The van der Waals surface area contributed by atoms with Crippen LogP contribution in [0.25, 0.3) is 0 Å². The molecule has 4 unspecified atom stereocenters. The molecule has 0 aromatic rings. The van der Waals surface area contributed by atoms with E-state index in [1.54, 1.807) is 27.7 Å². The molecule has 31 heavy (non-hydrogen) atoms. The van der Waals surface area contributed by atoms with Gasteiger partial charge in [-0.25, -0.2) is 4.79 Å². The van der Waals surface area contributed by atoms with Crippen molar-refractivity contribution in [1.82, 2.24) is 5.32 Å². The second-order valence-corrected chi connectivity index (χ2v) is 4.29. The fraction of sp³-hybridized carbons (Fsp3) is 0.857. The number of ether oxygens (including phenoxy) is 1. The monoisotopic (exact) mass is 630 g/mol. The predicted molar refractivity (Wildman–Crippen MR) is 129 cm³/mol. The SMILES string of the molecule is CCO.CCOC(=O)C(O)C(C)N.CN.CNC(=O)C(O)C(C)N.[H-].[K+].[K][K].[K][K].[K][K]. The molecule has 0 fully saturated rings. The number of rotatable bonds is 5. The predicted octanol–water partition coefficient (Wildman–Crippen LogP) is -7.90. The van der Waals surface area contributed by atoms with Crippen LogP contribution in [0, 0.1) is 0 Å². The summed E-state index contributed by atoms with van der Waals surface area (Å²) in [7, 11) is 2.95. The van der Waals surface area contributed by atoms with Crippen LogP contribution in [0.2, 0.25) is 0 Å². The van der Waals surface area contributed by atoms with Gasteiger partial charge in [-0.15, -0.1) is 0 Å². The van der Waals surface area contributed by atoms with Crippen LogP contribution in [-0.4, -0.2) is 268 Å². The molecule has 0 bridgehead atoms. The van der Waals surface area contributed by atoms with E-state index >= 15 is 0 Å². The third-order valence-corrected chi connectivity index (χ3v) is 2.04. The number of hydrogen-bond donors (Lipinski definition) is 7. The van der Waals surface area contributed by atoms with Crippen LogP contribution in [0.3, 0.4) is 0 Å². The normalized spacial score (nSPS) is 11.5. The molecule has 10 nitrogen and oxygen atoms in total. The van der Waals surface area contributed by atoms with Crippen molar-refractivity contribution >= 4 is 201 Å². The number of likely N-dealkylation sites (N-methyl/N-ethyl adjacent to an activating group) is 1. The molecule has 0 radical (unpaired) electrons. The summed E-state index contributed by atoms with van der Waals surface area (Å²) in [5.41, 5.74) is 14.9. The molecule has 0 aromatic carbocycles. The van der Waals surface area contributed by atoms with E-state index in [2.05, 4.69) is 15.8 Å². The minimum atomic E-state index is -1.19. The first-order valence-corrected chi connectivity index (χ1v) is 58.5. The van der Waals surface area contributed by atoms with E-state index in [4.69, 9.17) is 26.8 Å². The summed E-state index contributed by atoms with van der Waals surface area (Å²) in [4.78, 5) is 21.1. The second kappa shape index (κ2) is 59.5. The zero-order chi connectivity index (χ0) is 26.3. The van der Waals surface area contributed by atoms with E-state index in [1.165, 1.54) is 204 Å². The van der Waals surface area contributed by atoms with Crippen molar-refractivity contribution in [2.75, 3.05) is 27.3 Å². The van der Waals surface area contributed by atoms with Gasteiger partial charge in [0.25, 0.3) is 0 Å². The van der Waals surface area contributed by atoms with Crippen molar-refractivity contribution < 1.29 is 82.5 Å². The standard InChI is InChI=1S/C6H13NO3.C5H12N2O2.C2H6O.CH5N.7K.H/c1-3-10-6(9)5(8)4(2)7;1-3(6)4(8)5(9)7-2;1-2-3;1-2;;;;;;;;/h4-5,8H,3,7H2,1-2H3;3-4,8H,6H2,1-2H3,(H,7,9);3H,2H2,1H3;2H2,1H3;;;;;;;;/q;;;;;;;;;;+1;-1. The van der Waals surface area contributed by atoms with Gasteiger partial charge in [-0.3, -0.25) is 4.79 Å². The Labute approximate surface area is 369 Å². The Balaban J connectivity index is -0.0000000315. The third kappa shape index (κ3) is 60.2. The van der Waals surface area contributed by atoms with Crippen LogP contribution in [0.15, 0.2) is 0 Å². The number of nitrogens with one attached hydrogen (secondary N) is 1. The number of nitrogens with two attached hydrogens (primary N) is 3. The van der Waals surface area contributed by atoms with Gasteiger partial charge in [0.2, 0.25) is 5.91 Å². The summed E-state index contributed by atoms with van der Waals surface area (Å²) < 4.78 is 4.50. The number of amides is 1. The number of hydrogen-bond acceptors (Lipinski definition) is 9. The Bertz CT molecular complexity index is 321. The van der Waals surface area contributed by atoms with Gasteiger partial charge < -0.3 is 44.0 Å². The molecule has 0 heterocycles. The Kier molecular flexibility index (Phi) is 116. The molecule has 10 N–H and O–H groups in total. The number of carbonyl (C=O) groups is 2. The van der Waals surface area contributed by atoms with E-state index < -0.39 is 36.2 Å². The number of carbonyl (C=O) groups excluding carboxylic acids is 2. The van der Waals surface area contributed by atoms with Crippen molar-refractivity contribution in [3.63, 3.8) is 0 Å². The molecule has 0 aliphatic heterocycles. The van der Waals surface area contributed by atoms with E-state index in [-0.39, 0.29) is 66.0 Å². The van der Waals surface area contributed by atoms with Crippen LogP contribution >= 0.6 is 0 Å². The topological polar surface area (TPSA) is 194 Å². The molecule has 0 spiro atoms. The van der Waals surface area contributed by atoms with Gasteiger partial charge in [-0.1, -0.05) is 0 Å². The maximum absolute atomic E-state index is 10.6. The molecule has 17 heteroatoms. The zero-order valence-electron chi connectivity index (χ0n) is 23.5. The van der Waals surface area contributed by atoms with Gasteiger partial charge in [0.1, 0.15) is 6.10 Å². The van der Waals surface area contributed by atoms with Gasteiger partial charge in [0.15, 0.2) is 6.10 Å². The summed E-state index contributed by atoms with van der Waals surface area (Å²) in [5.74, 6) is -1.09. The molecule has 0 saturated heterocycles.